The minimum Gasteiger partial charge on any atom is -0.338 e. The first-order valence-corrected chi connectivity index (χ1v) is 9.07. The zero-order valence-electron chi connectivity index (χ0n) is 14.7. The number of piperidine rings is 1. The fourth-order valence-corrected chi connectivity index (χ4v) is 3.72. The molecule has 2 heterocycles. The highest BCUT2D eigenvalue weighted by atomic mass is 16.2. The molecule has 0 saturated carbocycles. The lowest BCUT2D eigenvalue weighted by atomic mass is 10.0. The van der Waals surface area contributed by atoms with Crippen molar-refractivity contribution >= 4 is 23.4 Å². The van der Waals surface area contributed by atoms with Crippen LogP contribution >= 0.6 is 0 Å². The van der Waals surface area contributed by atoms with Crippen molar-refractivity contribution < 1.29 is 14.4 Å². The molecule has 1 aromatic rings. The van der Waals surface area contributed by atoms with Gasteiger partial charge in [-0.25, -0.2) is 0 Å². The number of benzene rings is 1. The van der Waals surface area contributed by atoms with Gasteiger partial charge in [0.2, 0.25) is 5.91 Å². The highest BCUT2D eigenvalue weighted by Crippen LogP contribution is 2.22. The molecule has 0 bridgehead atoms. The molecule has 2 aliphatic heterocycles. The van der Waals surface area contributed by atoms with E-state index in [1.165, 1.54) is 0 Å². The topological polar surface area (TPSA) is 69.7 Å². The van der Waals surface area contributed by atoms with Crippen LogP contribution in [0.3, 0.4) is 0 Å². The van der Waals surface area contributed by atoms with Crippen molar-refractivity contribution in [1.82, 2.24) is 9.80 Å². The number of carbonyl (C=O) groups excluding carboxylic acids is 3. The molecule has 6 nitrogen and oxygen atoms in total. The van der Waals surface area contributed by atoms with Gasteiger partial charge in [0, 0.05) is 37.8 Å². The molecule has 0 aliphatic carbocycles. The summed E-state index contributed by atoms with van der Waals surface area (Å²) in [4.78, 5) is 40.3. The number of likely N-dealkylation sites (tertiary alicyclic amines) is 2. The smallest absolute Gasteiger partial charge is 0.313 e. The number of rotatable bonds is 3. The van der Waals surface area contributed by atoms with E-state index in [0.29, 0.717) is 25.2 Å². The minimum absolute atomic E-state index is 0.0448. The average molecular weight is 343 g/mol. The molecular formula is C19H25N3O3. The second-order valence-corrected chi connectivity index (χ2v) is 6.70. The number of carbonyl (C=O) groups is 3. The molecule has 1 N–H and O–H groups in total. The largest absolute Gasteiger partial charge is 0.338 e. The molecule has 3 amide bonds. The van der Waals surface area contributed by atoms with E-state index in [1.54, 1.807) is 4.90 Å². The molecular weight excluding hydrogens is 318 g/mol. The number of hydrogen-bond donors (Lipinski definition) is 1. The number of nitrogens with one attached hydrogen (secondary N) is 1. The Morgan fingerprint density at radius 3 is 2.72 bits per heavy atom. The van der Waals surface area contributed by atoms with Crippen LogP contribution in [0.25, 0.3) is 0 Å². The Balaban J connectivity index is 1.63. The third-order valence-corrected chi connectivity index (χ3v) is 5.08. The number of amides is 3. The second-order valence-electron chi connectivity index (χ2n) is 6.70. The molecule has 0 radical (unpaired) electrons. The van der Waals surface area contributed by atoms with E-state index in [-0.39, 0.29) is 11.9 Å². The highest BCUT2D eigenvalue weighted by molar-refractivity contribution is 6.39. The maximum Gasteiger partial charge on any atom is 0.313 e. The first-order chi connectivity index (χ1) is 12.1. The van der Waals surface area contributed by atoms with Crippen LogP contribution in [0.2, 0.25) is 0 Å². The standard InChI is InChI=1S/C19H25N3O3/c1-2-14-7-3-4-9-16(14)20-18(24)19(25)21-11-5-8-15(13-21)22-12-6-10-17(22)23/h3-4,7,9,15H,2,5-6,8,10-13H2,1H3,(H,20,24)/t15-/m0/s1. The van der Waals surface area contributed by atoms with E-state index in [2.05, 4.69) is 5.32 Å². The summed E-state index contributed by atoms with van der Waals surface area (Å²) in [6, 6.07) is 7.55. The van der Waals surface area contributed by atoms with Gasteiger partial charge in [-0.2, -0.15) is 0 Å². The normalized spacial score (nSPS) is 20.7. The molecule has 3 rings (SSSR count). The molecule has 0 aromatic heterocycles. The van der Waals surface area contributed by atoms with E-state index >= 15 is 0 Å². The van der Waals surface area contributed by atoms with Crippen molar-refractivity contribution in [3.8, 4) is 0 Å². The van der Waals surface area contributed by atoms with Crippen molar-refractivity contribution in [3.05, 3.63) is 29.8 Å². The molecule has 2 saturated heterocycles. The van der Waals surface area contributed by atoms with Gasteiger partial charge in [0.25, 0.3) is 0 Å². The van der Waals surface area contributed by atoms with Crippen LogP contribution in [0.15, 0.2) is 24.3 Å². The van der Waals surface area contributed by atoms with Crippen molar-refractivity contribution in [1.29, 1.82) is 0 Å². The van der Waals surface area contributed by atoms with Gasteiger partial charge in [-0.05, 0) is 37.3 Å². The second kappa shape index (κ2) is 7.68. The van der Waals surface area contributed by atoms with Crippen molar-refractivity contribution in [2.75, 3.05) is 25.0 Å². The first-order valence-electron chi connectivity index (χ1n) is 9.07. The highest BCUT2D eigenvalue weighted by Gasteiger charge is 2.34. The predicted octanol–water partition coefficient (Wildman–Crippen LogP) is 1.80. The molecule has 1 aromatic carbocycles. The summed E-state index contributed by atoms with van der Waals surface area (Å²) in [5, 5.41) is 2.74. The van der Waals surface area contributed by atoms with Crippen LogP contribution in [0.5, 0.6) is 0 Å². The lowest BCUT2D eigenvalue weighted by Gasteiger charge is -2.37. The van der Waals surface area contributed by atoms with Gasteiger partial charge >= 0.3 is 11.8 Å². The fraction of sp³-hybridized carbons (Fsp3) is 0.526. The van der Waals surface area contributed by atoms with Gasteiger partial charge in [-0.3, -0.25) is 14.4 Å². The van der Waals surface area contributed by atoms with Crippen LogP contribution in [0.4, 0.5) is 5.69 Å². The maximum atomic E-state index is 12.6. The first kappa shape index (κ1) is 17.5. The summed E-state index contributed by atoms with van der Waals surface area (Å²) >= 11 is 0. The number of hydrogen-bond acceptors (Lipinski definition) is 3. The Morgan fingerprint density at radius 1 is 1.20 bits per heavy atom. The SMILES string of the molecule is CCc1ccccc1NC(=O)C(=O)N1CCC[C@H](N2CCCC2=O)C1. The van der Waals surface area contributed by atoms with Crippen LogP contribution in [-0.2, 0) is 20.8 Å². The van der Waals surface area contributed by atoms with Gasteiger partial charge in [-0.1, -0.05) is 25.1 Å². The van der Waals surface area contributed by atoms with Crippen molar-refractivity contribution in [2.24, 2.45) is 0 Å². The summed E-state index contributed by atoms with van der Waals surface area (Å²) in [6.45, 7) is 3.80. The molecule has 0 unspecified atom stereocenters. The zero-order valence-corrected chi connectivity index (χ0v) is 14.7. The quantitative estimate of drug-likeness (QED) is 0.851. The van der Waals surface area contributed by atoms with Gasteiger partial charge < -0.3 is 15.1 Å². The summed E-state index contributed by atoms with van der Waals surface area (Å²) in [5.74, 6) is -0.947. The molecule has 1 atom stereocenters. The Morgan fingerprint density at radius 2 is 2.00 bits per heavy atom. The Hall–Kier alpha value is -2.37. The van der Waals surface area contributed by atoms with E-state index in [0.717, 1.165) is 37.8 Å². The number of anilines is 1. The zero-order chi connectivity index (χ0) is 17.8. The number of para-hydroxylation sites is 1. The molecule has 2 fully saturated rings. The van der Waals surface area contributed by atoms with Gasteiger partial charge in [0.15, 0.2) is 0 Å². The summed E-state index contributed by atoms with van der Waals surface area (Å²) in [5.41, 5.74) is 1.69. The number of aryl methyl sites for hydroxylation is 1. The molecule has 2 aliphatic rings. The maximum absolute atomic E-state index is 12.6. The molecule has 6 heteroatoms. The van der Waals surface area contributed by atoms with Gasteiger partial charge in [0.1, 0.15) is 0 Å². The van der Waals surface area contributed by atoms with Crippen molar-refractivity contribution in [3.63, 3.8) is 0 Å². The van der Waals surface area contributed by atoms with Crippen LogP contribution in [0, 0.1) is 0 Å². The van der Waals surface area contributed by atoms with Gasteiger partial charge in [-0.15, -0.1) is 0 Å². The number of nitrogens with zero attached hydrogens (tertiary/aromatic N) is 2. The van der Waals surface area contributed by atoms with Crippen LogP contribution in [-0.4, -0.2) is 53.2 Å². The van der Waals surface area contributed by atoms with Crippen molar-refractivity contribution in [2.45, 2.75) is 45.1 Å². The lowest BCUT2D eigenvalue weighted by Crippen LogP contribution is -2.52. The van der Waals surface area contributed by atoms with Crippen LogP contribution < -0.4 is 5.32 Å². The van der Waals surface area contributed by atoms with Crippen LogP contribution in [0.1, 0.15) is 38.2 Å². The van der Waals surface area contributed by atoms with E-state index in [1.807, 2.05) is 36.1 Å². The summed E-state index contributed by atoms with van der Waals surface area (Å²) in [7, 11) is 0. The molecule has 0 spiro atoms. The Kier molecular flexibility index (Phi) is 5.36. The Labute approximate surface area is 148 Å². The third-order valence-electron chi connectivity index (χ3n) is 5.08. The predicted molar refractivity (Wildman–Crippen MR) is 95.0 cm³/mol. The monoisotopic (exact) mass is 343 g/mol. The fourth-order valence-electron chi connectivity index (χ4n) is 3.72. The average Bonchev–Trinajstić information content (AvgIpc) is 3.07. The van der Waals surface area contributed by atoms with E-state index < -0.39 is 11.8 Å². The lowest BCUT2D eigenvalue weighted by molar-refractivity contribution is -0.145. The van der Waals surface area contributed by atoms with E-state index in [4.69, 9.17) is 0 Å². The van der Waals surface area contributed by atoms with E-state index in [9.17, 15) is 14.4 Å². The third kappa shape index (κ3) is 3.83. The minimum atomic E-state index is -0.603. The van der Waals surface area contributed by atoms with Gasteiger partial charge in [0.05, 0.1) is 0 Å². The molecule has 134 valence electrons. The molecule has 25 heavy (non-hydrogen) atoms. The summed E-state index contributed by atoms with van der Waals surface area (Å²) < 4.78 is 0. The Bertz CT molecular complexity index is 674. The summed E-state index contributed by atoms with van der Waals surface area (Å²) in [6.07, 6.45) is 3.98.